The van der Waals surface area contributed by atoms with Gasteiger partial charge in [-0.25, -0.2) is 8.42 Å². The van der Waals surface area contributed by atoms with Crippen LogP contribution in [0.2, 0.25) is 0 Å². The zero-order valence-electron chi connectivity index (χ0n) is 11.7. The van der Waals surface area contributed by atoms with E-state index in [1.54, 1.807) is 18.2 Å². The summed E-state index contributed by atoms with van der Waals surface area (Å²) < 4.78 is 34.9. The van der Waals surface area contributed by atoms with Crippen molar-refractivity contribution in [1.29, 1.82) is 0 Å². The molecule has 0 fully saturated rings. The molecule has 0 aliphatic rings. The van der Waals surface area contributed by atoms with Crippen LogP contribution in [0.15, 0.2) is 27.8 Å². The first kappa shape index (κ1) is 14.8. The lowest BCUT2D eigenvalue weighted by atomic mass is 10.2. The zero-order valence-corrected chi connectivity index (χ0v) is 12.5. The Kier molecular flexibility index (Phi) is 3.75. The van der Waals surface area contributed by atoms with Gasteiger partial charge in [-0.2, -0.15) is 4.98 Å². The number of nitrogens with two attached hydrogens (primary N) is 1. The number of hydrogen-bond acceptors (Lipinski definition) is 6. The lowest BCUT2D eigenvalue weighted by Gasteiger charge is -2.18. The van der Waals surface area contributed by atoms with Gasteiger partial charge in [0.15, 0.2) is 5.58 Å². The molecule has 7 heteroatoms. The SMILES string of the molecule is CC(C)(C)OCCS(=O)(=O)c1nc2cc(N)ccc2o1. The lowest BCUT2D eigenvalue weighted by Crippen LogP contribution is -2.23. The minimum atomic E-state index is -3.60. The molecule has 0 saturated heterocycles. The van der Waals surface area contributed by atoms with Gasteiger partial charge in [-0.15, -0.1) is 0 Å². The predicted octanol–water partition coefficient (Wildman–Crippen LogP) is 2.00. The van der Waals surface area contributed by atoms with Crippen LogP contribution >= 0.6 is 0 Å². The number of oxazole rings is 1. The fourth-order valence-corrected chi connectivity index (χ4v) is 2.53. The number of fused-ring (bicyclic) bond motifs is 1. The highest BCUT2D eigenvalue weighted by molar-refractivity contribution is 7.91. The summed E-state index contributed by atoms with van der Waals surface area (Å²) in [7, 11) is -3.60. The van der Waals surface area contributed by atoms with Crippen molar-refractivity contribution in [1.82, 2.24) is 4.98 Å². The first-order chi connectivity index (χ1) is 9.17. The number of sulfone groups is 1. The number of aromatic nitrogens is 1. The molecule has 0 radical (unpaired) electrons. The first-order valence-electron chi connectivity index (χ1n) is 6.20. The maximum absolute atomic E-state index is 12.1. The molecule has 20 heavy (non-hydrogen) atoms. The van der Waals surface area contributed by atoms with Gasteiger partial charge in [0.1, 0.15) is 5.52 Å². The van der Waals surface area contributed by atoms with E-state index in [0.717, 1.165) is 0 Å². The number of hydrogen-bond donors (Lipinski definition) is 1. The Morgan fingerprint density at radius 1 is 1.35 bits per heavy atom. The van der Waals surface area contributed by atoms with Gasteiger partial charge in [0.05, 0.1) is 18.0 Å². The quantitative estimate of drug-likeness (QED) is 0.867. The van der Waals surface area contributed by atoms with E-state index in [4.69, 9.17) is 14.9 Å². The van der Waals surface area contributed by atoms with E-state index in [1.165, 1.54) is 0 Å². The Labute approximate surface area is 117 Å². The van der Waals surface area contributed by atoms with E-state index < -0.39 is 9.84 Å². The highest BCUT2D eigenvalue weighted by Gasteiger charge is 2.23. The van der Waals surface area contributed by atoms with E-state index in [-0.39, 0.29) is 23.2 Å². The van der Waals surface area contributed by atoms with Crippen LogP contribution in [0.5, 0.6) is 0 Å². The molecule has 1 heterocycles. The molecule has 0 unspecified atom stereocenters. The molecular formula is C13H18N2O4S. The van der Waals surface area contributed by atoms with Crippen LogP contribution in [0.4, 0.5) is 5.69 Å². The maximum atomic E-state index is 12.1. The summed E-state index contributed by atoms with van der Waals surface area (Å²) in [5.74, 6) is -0.174. The molecule has 0 aliphatic heterocycles. The number of nitrogen functional groups attached to an aromatic ring is 1. The summed E-state index contributed by atoms with van der Waals surface area (Å²) in [5.41, 5.74) is 6.57. The number of benzene rings is 1. The Hall–Kier alpha value is -1.60. The Morgan fingerprint density at radius 3 is 2.70 bits per heavy atom. The highest BCUT2D eigenvalue weighted by atomic mass is 32.2. The topological polar surface area (TPSA) is 95.4 Å². The second-order valence-electron chi connectivity index (χ2n) is 5.49. The highest BCUT2D eigenvalue weighted by Crippen LogP contribution is 2.21. The Balaban J connectivity index is 2.19. The molecule has 0 spiro atoms. The molecule has 2 rings (SSSR count). The minimum Gasteiger partial charge on any atom is -0.428 e. The average Bonchev–Trinajstić information content (AvgIpc) is 2.70. The monoisotopic (exact) mass is 298 g/mol. The van der Waals surface area contributed by atoms with Gasteiger partial charge in [-0.05, 0) is 39.0 Å². The fraction of sp³-hybridized carbons (Fsp3) is 0.462. The average molecular weight is 298 g/mol. The van der Waals surface area contributed by atoms with Crippen LogP contribution < -0.4 is 5.73 Å². The molecule has 0 saturated carbocycles. The van der Waals surface area contributed by atoms with Crippen LogP contribution in [0.3, 0.4) is 0 Å². The van der Waals surface area contributed by atoms with Crippen molar-refractivity contribution in [3.8, 4) is 0 Å². The number of nitrogens with zero attached hydrogens (tertiary/aromatic N) is 1. The number of ether oxygens (including phenoxy) is 1. The fourth-order valence-electron chi connectivity index (χ4n) is 1.60. The summed E-state index contributed by atoms with van der Waals surface area (Å²) in [4.78, 5) is 3.97. The Bertz CT molecular complexity index is 714. The molecule has 110 valence electrons. The van der Waals surface area contributed by atoms with Crippen LogP contribution in [-0.4, -0.2) is 31.4 Å². The first-order valence-corrected chi connectivity index (χ1v) is 7.85. The van der Waals surface area contributed by atoms with Gasteiger partial charge >= 0.3 is 5.22 Å². The third-order valence-corrected chi connectivity index (χ3v) is 3.96. The number of rotatable bonds is 4. The van der Waals surface area contributed by atoms with Crippen LogP contribution in [-0.2, 0) is 14.6 Å². The van der Waals surface area contributed by atoms with Crippen molar-refractivity contribution >= 4 is 26.6 Å². The zero-order chi connectivity index (χ0) is 15.0. The van der Waals surface area contributed by atoms with Gasteiger partial charge in [0.25, 0.3) is 0 Å². The van der Waals surface area contributed by atoms with Crippen LogP contribution in [0.1, 0.15) is 20.8 Å². The molecule has 0 atom stereocenters. The van der Waals surface area contributed by atoms with E-state index in [2.05, 4.69) is 4.98 Å². The van der Waals surface area contributed by atoms with E-state index >= 15 is 0 Å². The molecule has 0 aliphatic carbocycles. The standard InChI is InChI=1S/C13H18N2O4S/c1-13(2,3)18-6-7-20(16,17)12-15-10-8-9(14)4-5-11(10)19-12/h4-5,8H,6-7,14H2,1-3H3. The summed E-state index contributed by atoms with van der Waals surface area (Å²) in [6, 6.07) is 4.80. The summed E-state index contributed by atoms with van der Waals surface area (Å²) in [6.45, 7) is 5.68. The van der Waals surface area contributed by atoms with Crippen molar-refractivity contribution in [3.05, 3.63) is 18.2 Å². The lowest BCUT2D eigenvalue weighted by molar-refractivity contribution is 0.00635. The van der Waals surface area contributed by atoms with Crippen molar-refractivity contribution in [2.75, 3.05) is 18.1 Å². The molecule has 1 aromatic heterocycles. The normalized spacial score (nSPS) is 12.9. The second-order valence-corrected chi connectivity index (χ2v) is 7.47. The van der Waals surface area contributed by atoms with Crippen molar-refractivity contribution in [3.63, 3.8) is 0 Å². The molecule has 1 aromatic carbocycles. The third-order valence-electron chi connectivity index (χ3n) is 2.55. The molecule has 2 aromatic rings. The molecular weight excluding hydrogens is 280 g/mol. The van der Waals surface area contributed by atoms with E-state index in [1.807, 2.05) is 20.8 Å². The van der Waals surface area contributed by atoms with Crippen molar-refractivity contribution in [2.24, 2.45) is 0 Å². The van der Waals surface area contributed by atoms with Gasteiger partial charge in [-0.3, -0.25) is 0 Å². The van der Waals surface area contributed by atoms with Gasteiger partial charge in [0, 0.05) is 5.69 Å². The maximum Gasteiger partial charge on any atom is 0.316 e. The molecule has 6 nitrogen and oxygen atoms in total. The van der Waals surface area contributed by atoms with E-state index in [9.17, 15) is 8.42 Å². The van der Waals surface area contributed by atoms with Crippen LogP contribution in [0, 0.1) is 0 Å². The van der Waals surface area contributed by atoms with Crippen LogP contribution in [0.25, 0.3) is 11.1 Å². The second kappa shape index (κ2) is 5.06. The third kappa shape index (κ3) is 3.49. The molecule has 2 N–H and O–H groups in total. The smallest absolute Gasteiger partial charge is 0.316 e. The van der Waals surface area contributed by atoms with Gasteiger partial charge < -0.3 is 14.9 Å². The summed E-state index contributed by atoms with van der Waals surface area (Å²) in [6.07, 6.45) is 0. The van der Waals surface area contributed by atoms with Gasteiger partial charge in [-0.1, -0.05) is 0 Å². The number of anilines is 1. The minimum absolute atomic E-state index is 0.0900. The van der Waals surface area contributed by atoms with Crippen molar-refractivity contribution in [2.45, 2.75) is 31.6 Å². The predicted molar refractivity (Wildman–Crippen MR) is 76.2 cm³/mol. The molecule has 0 amide bonds. The van der Waals surface area contributed by atoms with Gasteiger partial charge in [0.2, 0.25) is 9.84 Å². The van der Waals surface area contributed by atoms with Crippen molar-refractivity contribution < 1.29 is 17.6 Å². The summed E-state index contributed by atoms with van der Waals surface area (Å²) >= 11 is 0. The Morgan fingerprint density at radius 2 is 2.05 bits per heavy atom. The van der Waals surface area contributed by atoms with E-state index in [0.29, 0.717) is 16.8 Å². The molecule has 0 bridgehead atoms. The summed E-state index contributed by atoms with van der Waals surface area (Å²) in [5, 5.41) is -0.296. The largest absolute Gasteiger partial charge is 0.428 e.